The summed E-state index contributed by atoms with van der Waals surface area (Å²) in [6, 6.07) is 3.24. The van der Waals surface area contributed by atoms with Crippen LogP contribution in [-0.4, -0.2) is 24.4 Å². The maximum absolute atomic E-state index is 12.7. The van der Waals surface area contributed by atoms with Gasteiger partial charge in [0.15, 0.2) is 0 Å². The molecule has 0 aliphatic heterocycles. The zero-order valence-electron chi connectivity index (χ0n) is 10.9. The SMILES string of the molecule is CCCCN(C)C(=O)c1ccc(N)c(C(F)(F)F)c1. The molecule has 0 aromatic heterocycles. The van der Waals surface area contributed by atoms with Gasteiger partial charge < -0.3 is 10.6 Å². The number of hydrogen-bond donors (Lipinski definition) is 1. The van der Waals surface area contributed by atoms with Gasteiger partial charge in [0.1, 0.15) is 0 Å². The molecule has 0 atom stereocenters. The molecule has 0 bridgehead atoms. The van der Waals surface area contributed by atoms with Crippen molar-refractivity contribution in [3.05, 3.63) is 29.3 Å². The number of nitrogen functional groups attached to an aromatic ring is 1. The van der Waals surface area contributed by atoms with Gasteiger partial charge in [-0.2, -0.15) is 13.2 Å². The molecular formula is C13H17F3N2O. The molecule has 1 aromatic rings. The summed E-state index contributed by atoms with van der Waals surface area (Å²) in [6.07, 6.45) is -2.83. The van der Waals surface area contributed by atoms with Crippen LogP contribution in [0.5, 0.6) is 0 Å². The molecule has 3 nitrogen and oxygen atoms in total. The van der Waals surface area contributed by atoms with Crippen LogP contribution in [0.25, 0.3) is 0 Å². The van der Waals surface area contributed by atoms with Gasteiger partial charge in [-0.25, -0.2) is 0 Å². The summed E-state index contributed by atoms with van der Waals surface area (Å²) in [5, 5.41) is 0. The molecular weight excluding hydrogens is 257 g/mol. The first-order valence-corrected chi connectivity index (χ1v) is 5.99. The number of unbranched alkanes of at least 4 members (excludes halogenated alkanes) is 1. The zero-order chi connectivity index (χ0) is 14.6. The van der Waals surface area contributed by atoms with Crippen LogP contribution in [0.1, 0.15) is 35.7 Å². The Labute approximate surface area is 110 Å². The Kier molecular flexibility index (Phi) is 4.80. The highest BCUT2D eigenvalue weighted by atomic mass is 19.4. The minimum absolute atomic E-state index is 0.000119. The maximum Gasteiger partial charge on any atom is 0.418 e. The standard InChI is InChI=1S/C13H17F3N2O/c1-3-4-7-18(2)12(19)9-5-6-11(17)10(8-9)13(14,15)16/h5-6,8H,3-4,7,17H2,1-2H3. The molecule has 0 unspecified atom stereocenters. The smallest absolute Gasteiger partial charge is 0.398 e. The van der Waals surface area contributed by atoms with Crippen LogP contribution in [0, 0.1) is 0 Å². The third-order valence-corrected chi connectivity index (χ3v) is 2.80. The molecule has 1 rings (SSSR count). The van der Waals surface area contributed by atoms with Crippen molar-refractivity contribution >= 4 is 11.6 Å². The Morgan fingerprint density at radius 3 is 2.53 bits per heavy atom. The lowest BCUT2D eigenvalue weighted by atomic mass is 10.1. The molecule has 0 fully saturated rings. The molecule has 106 valence electrons. The second-order valence-corrected chi connectivity index (χ2v) is 4.38. The highest BCUT2D eigenvalue weighted by Crippen LogP contribution is 2.34. The minimum atomic E-state index is -4.55. The van der Waals surface area contributed by atoms with Crippen LogP contribution in [0.3, 0.4) is 0 Å². The summed E-state index contributed by atoms with van der Waals surface area (Å²) >= 11 is 0. The summed E-state index contributed by atoms with van der Waals surface area (Å²) in [6.45, 7) is 2.49. The molecule has 1 aromatic carbocycles. The minimum Gasteiger partial charge on any atom is -0.398 e. The molecule has 0 saturated heterocycles. The summed E-state index contributed by atoms with van der Waals surface area (Å²) < 4.78 is 38.1. The summed E-state index contributed by atoms with van der Waals surface area (Å²) in [7, 11) is 1.57. The first-order chi connectivity index (χ1) is 8.77. The van der Waals surface area contributed by atoms with E-state index in [1.807, 2.05) is 6.92 Å². The summed E-state index contributed by atoms with van der Waals surface area (Å²) in [5.41, 5.74) is 3.94. The predicted octanol–water partition coefficient (Wildman–Crippen LogP) is 3.16. The number of rotatable bonds is 4. The molecule has 1 amide bonds. The topological polar surface area (TPSA) is 46.3 Å². The van der Waals surface area contributed by atoms with Crippen molar-refractivity contribution in [3.8, 4) is 0 Å². The number of hydrogen-bond acceptors (Lipinski definition) is 2. The van der Waals surface area contributed by atoms with E-state index < -0.39 is 17.6 Å². The summed E-state index contributed by atoms with van der Waals surface area (Å²) in [4.78, 5) is 13.4. The summed E-state index contributed by atoms with van der Waals surface area (Å²) in [5.74, 6) is -0.432. The molecule has 6 heteroatoms. The first kappa shape index (κ1) is 15.3. The van der Waals surface area contributed by atoms with Crippen LogP contribution in [0.15, 0.2) is 18.2 Å². The Morgan fingerprint density at radius 2 is 2.00 bits per heavy atom. The highest BCUT2D eigenvalue weighted by Gasteiger charge is 2.33. The largest absolute Gasteiger partial charge is 0.418 e. The molecule has 0 aliphatic carbocycles. The second kappa shape index (κ2) is 5.95. The molecule has 19 heavy (non-hydrogen) atoms. The molecule has 0 saturated carbocycles. The molecule has 2 N–H and O–H groups in total. The van der Waals surface area contributed by atoms with E-state index in [1.54, 1.807) is 7.05 Å². The van der Waals surface area contributed by atoms with E-state index in [9.17, 15) is 18.0 Å². The van der Waals surface area contributed by atoms with Gasteiger partial charge in [0, 0.05) is 24.8 Å². The molecule has 0 spiro atoms. The number of halogens is 3. The van der Waals surface area contributed by atoms with Crippen LogP contribution in [0.4, 0.5) is 18.9 Å². The number of nitrogens with two attached hydrogens (primary N) is 1. The highest BCUT2D eigenvalue weighted by molar-refractivity contribution is 5.94. The third kappa shape index (κ3) is 3.87. The Bertz CT molecular complexity index is 458. The van der Waals surface area contributed by atoms with Gasteiger partial charge in [0.05, 0.1) is 5.56 Å². The van der Waals surface area contributed by atoms with Gasteiger partial charge in [0.25, 0.3) is 5.91 Å². The van der Waals surface area contributed by atoms with Gasteiger partial charge in [-0.15, -0.1) is 0 Å². The third-order valence-electron chi connectivity index (χ3n) is 2.80. The Morgan fingerprint density at radius 1 is 1.37 bits per heavy atom. The van der Waals surface area contributed by atoms with E-state index >= 15 is 0 Å². The van der Waals surface area contributed by atoms with Gasteiger partial charge in [0.2, 0.25) is 0 Å². The van der Waals surface area contributed by atoms with Gasteiger partial charge in [-0.1, -0.05) is 13.3 Å². The van der Waals surface area contributed by atoms with Crippen LogP contribution in [0.2, 0.25) is 0 Å². The van der Waals surface area contributed by atoms with Crippen molar-refractivity contribution in [2.75, 3.05) is 19.3 Å². The monoisotopic (exact) mass is 274 g/mol. The van der Waals surface area contributed by atoms with Crippen molar-refractivity contribution in [1.29, 1.82) is 0 Å². The molecule has 0 heterocycles. The van der Waals surface area contributed by atoms with Crippen molar-refractivity contribution in [2.45, 2.75) is 25.9 Å². The van der Waals surface area contributed by atoms with Crippen LogP contribution in [-0.2, 0) is 6.18 Å². The zero-order valence-corrected chi connectivity index (χ0v) is 10.9. The number of carbonyl (C=O) groups is 1. The number of carbonyl (C=O) groups excluding carboxylic acids is 1. The van der Waals surface area contributed by atoms with Gasteiger partial charge in [-0.05, 0) is 24.6 Å². The number of alkyl halides is 3. The van der Waals surface area contributed by atoms with Crippen molar-refractivity contribution < 1.29 is 18.0 Å². The van der Waals surface area contributed by atoms with Crippen LogP contribution < -0.4 is 5.73 Å². The van der Waals surface area contributed by atoms with Crippen molar-refractivity contribution in [3.63, 3.8) is 0 Å². The van der Waals surface area contributed by atoms with E-state index in [2.05, 4.69) is 0 Å². The van der Waals surface area contributed by atoms with Crippen LogP contribution >= 0.6 is 0 Å². The lowest BCUT2D eigenvalue weighted by Gasteiger charge is -2.18. The van der Waals surface area contributed by atoms with E-state index in [0.29, 0.717) is 6.54 Å². The number of amides is 1. The lowest BCUT2D eigenvalue weighted by Crippen LogP contribution is -2.28. The maximum atomic E-state index is 12.7. The van der Waals surface area contributed by atoms with Crippen molar-refractivity contribution in [2.24, 2.45) is 0 Å². The fourth-order valence-corrected chi connectivity index (χ4v) is 1.65. The second-order valence-electron chi connectivity index (χ2n) is 4.38. The van der Waals surface area contributed by atoms with Gasteiger partial charge in [-0.3, -0.25) is 4.79 Å². The fraction of sp³-hybridized carbons (Fsp3) is 0.462. The predicted molar refractivity (Wildman–Crippen MR) is 67.7 cm³/mol. The Balaban J connectivity index is 2.99. The van der Waals surface area contributed by atoms with E-state index in [0.717, 1.165) is 25.0 Å². The molecule has 0 radical (unpaired) electrons. The number of nitrogens with zero attached hydrogens (tertiary/aromatic N) is 1. The van der Waals surface area contributed by atoms with Gasteiger partial charge >= 0.3 is 6.18 Å². The first-order valence-electron chi connectivity index (χ1n) is 5.99. The molecule has 0 aliphatic rings. The Hall–Kier alpha value is -1.72. The number of benzene rings is 1. The average Bonchev–Trinajstić information content (AvgIpc) is 2.34. The van der Waals surface area contributed by atoms with E-state index in [1.165, 1.54) is 11.0 Å². The number of anilines is 1. The van der Waals surface area contributed by atoms with E-state index in [4.69, 9.17) is 5.73 Å². The average molecular weight is 274 g/mol. The fourth-order valence-electron chi connectivity index (χ4n) is 1.65. The normalized spacial score (nSPS) is 11.4. The van der Waals surface area contributed by atoms with E-state index in [-0.39, 0.29) is 11.3 Å². The van der Waals surface area contributed by atoms with Crippen molar-refractivity contribution in [1.82, 2.24) is 4.90 Å². The quantitative estimate of drug-likeness (QED) is 0.857. The lowest BCUT2D eigenvalue weighted by molar-refractivity contribution is -0.136.